The van der Waals surface area contributed by atoms with Gasteiger partial charge in [-0.05, 0) is 11.6 Å². The zero-order valence-electron chi connectivity index (χ0n) is 11.9. The predicted octanol–water partition coefficient (Wildman–Crippen LogP) is 2.35. The summed E-state index contributed by atoms with van der Waals surface area (Å²) >= 11 is 1.65. The lowest BCUT2D eigenvalue weighted by Crippen LogP contribution is -2.29. The van der Waals surface area contributed by atoms with Crippen LogP contribution in [0.4, 0.5) is 4.39 Å². The van der Waals surface area contributed by atoms with Gasteiger partial charge in [0.2, 0.25) is 0 Å². The standard InChI is InChI=1S/C15H18FN3OS/c1-20-10-6-11-12(13(16)7-10)9-19(14(11)8-17)4-2-15-18-3-5-21-15/h3,5-7,14H,2,4,8-9,17H2,1H3. The van der Waals surface area contributed by atoms with E-state index in [-0.39, 0.29) is 11.9 Å². The maximum atomic E-state index is 14.2. The maximum Gasteiger partial charge on any atom is 0.131 e. The van der Waals surface area contributed by atoms with Crippen molar-refractivity contribution >= 4 is 11.3 Å². The first kappa shape index (κ1) is 14.4. The van der Waals surface area contributed by atoms with Crippen LogP contribution in [0.3, 0.4) is 0 Å². The van der Waals surface area contributed by atoms with Gasteiger partial charge in [0.25, 0.3) is 0 Å². The van der Waals surface area contributed by atoms with E-state index in [0.29, 0.717) is 18.8 Å². The second-order valence-electron chi connectivity index (χ2n) is 5.07. The fraction of sp³-hybridized carbons (Fsp3) is 0.400. The van der Waals surface area contributed by atoms with Crippen LogP contribution in [0, 0.1) is 5.82 Å². The summed E-state index contributed by atoms with van der Waals surface area (Å²) in [5.41, 5.74) is 7.61. The number of nitrogens with zero attached hydrogens (tertiary/aromatic N) is 2. The van der Waals surface area contributed by atoms with E-state index in [0.717, 1.165) is 29.1 Å². The Morgan fingerprint density at radius 2 is 2.38 bits per heavy atom. The third-order valence-electron chi connectivity index (χ3n) is 3.92. The molecule has 0 fully saturated rings. The zero-order valence-corrected chi connectivity index (χ0v) is 12.7. The molecule has 3 rings (SSSR count). The quantitative estimate of drug-likeness (QED) is 0.921. The number of fused-ring (bicyclic) bond motifs is 1. The number of rotatable bonds is 5. The summed E-state index contributed by atoms with van der Waals surface area (Å²) in [6.07, 6.45) is 2.67. The molecule has 0 saturated heterocycles. The highest BCUT2D eigenvalue weighted by Gasteiger charge is 2.31. The molecule has 6 heteroatoms. The molecule has 2 N–H and O–H groups in total. The Morgan fingerprint density at radius 3 is 3.05 bits per heavy atom. The van der Waals surface area contributed by atoms with Crippen molar-refractivity contribution in [1.82, 2.24) is 9.88 Å². The number of benzene rings is 1. The minimum Gasteiger partial charge on any atom is -0.497 e. The fourth-order valence-corrected chi connectivity index (χ4v) is 3.46. The van der Waals surface area contributed by atoms with Crippen LogP contribution in [0.15, 0.2) is 23.7 Å². The van der Waals surface area contributed by atoms with Crippen molar-refractivity contribution in [2.45, 2.75) is 19.0 Å². The number of halogens is 1. The van der Waals surface area contributed by atoms with E-state index < -0.39 is 0 Å². The molecule has 1 aliphatic rings. The van der Waals surface area contributed by atoms with Crippen LogP contribution in [0.25, 0.3) is 0 Å². The van der Waals surface area contributed by atoms with E-state index >= 15 is 0 Å². The van der Waals surface area contributed by atoms with Gasteiger partial charge in [-0.25, -0.2) is 9.37 Å². The number of methoxy groups -OCH3 is 1. The molecule has 1 aromatic heterocycles. The van der Waals surface area contributed by atoms with Crippen LogP contribution in [0.1, 0.15) is 22.2 Å². The van der Waals surface area contributed by atoms with E-state index in [2.05, 4.69) is 9.88 Å². The number of nitrogens with two attached hydrogens (primary N) is 1. The minimum atomic E-state index is -0.209. The average Bonchev–Trinajstić information content (AvgIpc) is 3.11. The minimum absolute atomic E-state index is 0.0459. The van der Waals surface area contributed by atoms with Crippen molar-refractivity contribution in [3.05, 3.63) is 45.7 Å². The molecule has 21 heavy (non-hydrogen) atoms. The topological polar surface area (TPSA) is 51.4 Å². The molecule has 1 unspecified atom stereocenters. The van der Waals surface area contributed by atoms with Gasteiger partial charge in [-0.1, -0.05) is 0 Å². The molecule has 112 valence electrons. The van der Waals surface area contributed by atoms with Gasteiger partial charge in [0, 0.05) is 55.3 Å². The van der Waals surface area contributed by atoms with Gasteiger partial charge in [0.05, 0.1) is 12.1 Å². The highest BCUT2D eigenvalue weighted by molar-refractivity contribution is 7.09. The Kier molecular flexibility index (Phi) is 4.19. The van der Waals surface area contributed by atoms with Crippen LogP contribution in [0.5, 0.6) is 5.75 Å². The average molecular weight is 307 g/mol. The van der Waals surface area contributed by atoms with Crippen molar-refractivity contribution in [1.29, 1.82) is 0 Å². The molecule has 1 atom stereocenters. The lowest BCUT2D eigenvalue weighted by atomic mass is 10.0. The Morgan fingerprint density at radius 1 is 1.52 bits per heavy atom. The van der Waals surface area contributed by atoms with Crippen molar-refractivity contribution in [2.75, 3.05) is 20.2 Å². The van der Waals surface area contributed by atoms with Crippen molar-refractivity contribution < 1.29 is 9.13 Å². The van der Waals surface area contributed by atoms with Gasteiger partial charge < -0.3 is 10.5 Å². The molecular formula is C15H18FN3OS. The molecule has 2 heterocycles. The van der Waals surface area contributed by atoms with Gasteiger partial charge in [0.15, 0.2) is 0 Å². The van der Waals surface area contributed by atoms with Crippen LogP contribution >= 0.6 is 11.3 Å². The molecule has 2 aromatic rings. The summed E-state index contributed by atoms with van der Waals surface area (Å²) in [7, 11) is 1.55. The third-order valence-corrected chi connectivity index (χ3v) is 4.76. The lowest BCUT2D eigenvalue weighted by molar-refractivity contribution is 0.221. The second-order valence-corrected chi connectivity index (χ2v) is 6.05. The summed E-state index contributed by atoms with van der Waals surface area (Å²) in [5, 5.41) is 3.07. The first-order valence-corrected chi connectivity index (χ1v) is 7.79. The third kappa shape index (κ3) is 2.79. The molecule has 4 nitrogen and oxygen atoms in total. The largest absolute Gasteiger partial charge is 0.497 e. The Hall–Kier alpha value is -1.50. The van der Waals surface area contributed by atoms with Crippen LogP contribution in [-0.4, -0.2) is 30.1 Å². The second kappa shape index (κ2) is 6.09. The van der Waals surface area contributed by atoms with E-state index in [9.17, 15) is 4.39 Å². The summed E-state index contributed by atoms with van der Waals surface area (Å²) in [4.78, 5) is 6.51. The van der Waals surface area contributed by atoms with Gasteiger partial charge in [-0.3, -0.25) is 4.90 Å². The van der Waals surface area contributed by atoms with Gasteiger partial charge in [-0.15, -0.1) is 11.3 Å². The van der Waals surface area contributed by atoms with Gasteiger partial charge in [-0.2, -0.15) is 0 Å². The Bertz CT molecular complexity index is 618. The van der Waals surface area contributed by atoms with Crippen LogP contribution in [-0.2, 0) is 13.0 Å². The smallest absolute Gasteiger partial charge is 0.131 e. The lowest BCUT2D eigenvalue weighted by Gasteiger charge is -2.23. The normalized spacial score (nSPS) is 18.0. The molecule has 0 spiro atoms. The highest BCUT2D eigenvalue weighted by atomic mass is 32.1. The summed E-state index contributed by atoms with van der Waals surface area (Å²) in [6.45, 7) is 1.89. The van der Waals surface area contributed by atoms with E-state index in [4.69, 9.17) is 10.5 Å². The number of hydrogen-bond donors (Lipinski definition) is 1. The zero-order chi connectivity index (χ0) is 14.8. The number of ether oxygens (including phenoxy) is 1. The molecule has 0 amide bonds. The molecule has 0 aliphatic carbocycles. The summed E-state index contributed by atoms with van der Waals surface area (Å²) in [6, 6.07) is 3.39. The van der Waals surface area contributed by atoms with E-state index in [1.807, 2.05) is 17.6 Å². The summed E-state index contributed by atoms with van der Waals surface area (Å²) < 4.78 is 19.3. The number of thiazole rings is 1. The molecular weight excluding hydrogens is 289 g/mol. The number of hydrogen-bond acceptors (Lipinski definition) is 5. The van der Waals surface area contributed by atoms with E-state index in [1.54, 1.807) is 18.4 Å². The highest BCUT2D eigenvalue weighted by Crippen LogP contribution is 2.37. The fourth-order valence-electron chi connectivity index (χ4n) is 2.85. The monoisotopic (exact) mass is 307 g/mol. The van der Waals surface area contributed by atoms with Crippen molar-refractivity contribution in [3.8, 4) is 5.75 Å². The van der Waals surface area contributed by atoms with Crippen molar-refractivity contribution in [3.63, 3.8) is 0 Å². The maximum absolute atomic E-state index is 14.2. The molecule has 0 saturated carbocycles. The first-order valence-electron chi connectivity index (χ1n) is 6.91. The Labute approximate surface area is 127 Å². The molecule has 0 bridgehead atoms. The van der Waals surface area contributed by atoms with Gasteiger partial charge >= 0.3 is 0 Å². The molecule has 1 aliphatic heterocycles. The molecule has 0 radical (unpaired) electrons. The van der Waals surface area contributed by atoms with Crippen LogP contribution < -0.4 is 10.5 Å². The summed E-state index contributed by atoms with van der Waals surface area (Å²) in [5.74, 6) is 0.339. The number of aromatic nitrogens is 1. The first-order chi connectivity index (χ1) is 10.2. The van der Waals surface area contributed by atoms with E-state index in [1.165, 1.54) is 6.07 Å². The Balaban J connectivity index is 1.80. The molecule has 1 aromatic carbocycles. The van der Waals surface area contributed by atoms with Crippen molar-refractivity contribution in [2.24, 2.45) is 5.73 Å². The predicted molar refractivity (Wildman–Crippen MR) is 81.0 cm³/mol. The SMILES string of the molecule is COc1cc(F)c2c(c1)C(CN)N(CCc1nccs1)C2. The van der Waals surface area contributed by atoms with Crippen LogP contribution in [0.2, 0.25) is 0 Å². The van der Waals surface area contributed by atoms with Gasteiger partial charge in [0.1, 0.15) is 11.6 Å².